The molecule has 0 aliphatic carbocycles. The SMILES string of the molecule is Cc1cc(C)c(C)c(C(=O)O)c1.c1ccc(-c2ccccc2)cc1. The summed E-state index contributed by atoms with van der Waals surface area (Å²) in [6, 6.07) is 24.5. The monoisotopic (exact) mass is 318 g/mol. The summed E-state index contributed by atoms with van der Waals surface area (Å²) in [6.45, 7) is 5.66. The quantitative estimate of drug-likeness (QED) is 0.661. The predicted molar refractivity (Wildman–Crippen MR) is 99.5 cm³/mol. The zero-order chi connectivity index (χ0) is 17.5. The van der Waals surface area contributed by atoms with Crippen molar-refractivity contribution in [3.05, 3.63) is 95.1 Å². The van der Waals surface area contributed by atoms with Crippen LogP contribution in [-0.4, -0.2) is 11.1 Å². The average molecular weight is 318 g/mol. The Bertz CT molecular complexity index is 769. The number of aromatic carboxylic acids is 1. The molecule has 0 aliphatic heterocycles. The lowest BCUT2D eigenvalue weighted by atomic mass is 10.0. The van der Waals surface area contributed by atoms with Gasteiger partial charge in [-0.25, -0.2) is 4.79 Å². The number of benzene rings is 3. The van der Waals surface area contributed by atoms with Crippen LogP contribution >= 0.6 is 0 Å². The molecule has 0 saturated heterocycles. The number of carboxylic acid groups (broad SMARTS) is 1. The smallest absolute Gasteiger partial charge is 0.335 e. The summed E-state index contributed by atoms with van der Waals surface area (Å²) in [5.41, 5.74) is 5.85. The Labute approximate surface area is 143 Å². The van der Waals surface area contributed by atoms with Crippen molar-refractivity contribution in [3.63, 3.8) is 0 Å². The van der Waals surface area contributed by atoms with Gasteiger partial charge in [-0.2, -0.15) is 0 Å². The van der Waals surface area contributed by atoms with Crippen LogP contribution in [0.3, 0.4) is 0 Å². The van der Waals surface area contributed by atoms with Crippen molar-refractivity contribution < 1.29 is 9.90 Å². The number of carbonyl (C=O) groups is 1. The summed E-state index contributed by atoms with van der Waals surface area (Å²) >= 11 is 0. The molecule has 0 radical (unpaired) electrons. The van der Waals surface area contributed by atoms with E-state index in [0.29, 0.717) is 5.56 Å². The summed E-state index contributed by atoms with van der Waals surface area (Å²) in [4.78, 5) is 10.7. The first kappa shape index (κ1) is 17.5. The molecular weight excluding hydrogens is 296 g/mol. The summed E-state index contributed by atoms with van der Waals surface area (Å²) in [6.07, 6.45) is 0. The first-order chi connectivity index (χ1) is 11.5. The summed E-state index contributed by atoms with van der Waals surface area (Å²) in [5, 5.41) is 8.81. The summed E-state index contributed by atoms with van der Waals surface area (Å²) < 4.78 is 0. The first-order valence-electron chi connectivity index (χ1n) is 7.90. The lowest BCUT2D eigenvalue weighted by Crippen LogP contribution is -2.01. The molecule has 2 heteroatoms. The van der Waals surface area contributed by atoms with E-state index in [2.05, 4.69) is 48.5 Å². The fourth-order valence-corrected chi connectivity index (χ4v) is 2.52. The summed E-state index contributed by atoms with van der Waals surface area (Å²) in [7, 11) is 0. The van der Waals surface area contributed by atoms with E-state index >= 15 is 0 Å². The fourth-order valence-electron chi connectivity index (χ4n) is 2.52. The molecule has 24 heavy (non-hydrogen) atoms. The van der Waals surface area contributed by atoms with Crippen molar-refractivity contribution in [1.29, 1.82) is 0 Å². The van der Waals surface area contributed by atoms with Gasteiger partial charge in [-0.1, -0.05) is 66.7 Å². The molecule has 3 aromatic carbocycles. The maximum absolute atomic E-state index is 10.7. The van der Waals surface area contributed by atoms with Crippen LogP contribution in [0.5, 0.6) is 0 Å². The average Bonchev–Trinajstić information content (AvgIpc) is 2.60. The molecule has 122 valence electrons. The molecule has 0 unspecified atom stereocenters. The highest BCUT2D eigenvalue weighted by Crippen LogP contribution is 2.17. The zero-order valence-corrected chi connectivity index (χ0v) is 14.3. The molecule has 0 atom stereocenters. The Kier molecular flexibility index (Phi) is 5.91. The van der Waals surface area contributed by atoms with Crippen molar-refractivity contribution in [1.82, 2.24) is 0 Å². The van der Waals surface area contributed by atoms with Crippen LogP contribution in [0.25, 0.3) is 11.1 Å². The highest BCUT2D eigenvalue weighted by molar-refractivity contribution is 5.89. The molecular formula is C22H22O2. The van der Waals surface area contributed by atoms with Crippen LogP contribution in [-0.2, 0) is 0 Å². The molecule has 0 aromatic heterocycles. The third-order valence-corrected chi connectivity index (χ3v) is 3.92. The van der Waals surface area contributed by atoms with E-state index in [-0.39, 0.29) is 0 Å². The third kappa shape index (κ3) is 4.56. The molecule has 0 heterocycles. The van der Waals surface area contributed by atoms with Gasteiger partial charge in [0.1, 0.15) is 0 Å². The highest BCUT2D eigenvalue weighted by Gasteiger charge is 2.08. The second-order valence-corrected chi connectivity index (χ2v) is 5.79. The van der Waals surface area contributed by atoms with Gasteiger partial charge in [-0.3, -0.25) is 0 Å². The third-order valence-electron chi connectivity index (χ3n) is 3.92. The van der Waals surface area contributed by atoms with Gasteiger partial charge in [-0.05, 0) is 54.7 Å². The molecule has 1 N–H and O–H groups in total. The minimum Gasteiger partial charge on any atom is -0.478 e. The van der Waals surface area contributed by atoms with E-state index in [1.54, 1.807) is 6.07 Å². The van der Waals surface area contributed by atoms with E-state index in [4.69, 9.17) is 5.11 Å². The zero-order valence-electron chi connectivity index (χ0n) is 14.3. The maximum atomic E-state index is 10.7. The van der Waals surface area contributed by atoms with E-state index in [1.165, 1.54) is 11.1 Å². The van der Waals surface area contributed by atoms with Crippen LogP contribution < -0.4 is 0 Å². The van der Waals surface area contributed by atoms with Crippen LogP contribution in [0.2, 0.25) is 0 Å². The number of carboxylic acids is 1. The Balaban J connectivity index is 0.000000174. The molecule has 0 bridgehead atoms. The van der Waals surface area contributed by atoms with Gasteiger partial charge in [-0.15, -0.1) is 0 Å². The molecule has 3 rings (SSSR count). The van der Waals surface area contributed by atoms with Crippen molar-refractivity contribution in [2.45, 2.75) is 20.8 Å². The lowest BCUT2D eigenvalue weighted by Gasteiger charge is -2.05. The fraction of sp³-hybridized carbons (Fsp3) is 0.136. The van der Waals surface area contributed by atoms with Crippen molar-refractivity contribution >= 4 is 5.97 Å². The first-order valence-corrected chi connectivity index (χ1v) is 7.90. The van der Waals surface area contributed by atoms with Gasteiger partial charge < -0.3 is 5.11 Å². The van der Waals surface area contributed by atoms with Crippen molar-refractivity contribution in [2.24, 2.45) is 0 Å². The Morgan fingerprint density at radius 3 is 1.62 bits per heavy atom. The molecule has 0 spiro atoms. The van der Waals surface area contributed by atoms with E-state index in [0.717, 1.165) is 16.7 Å². The van der Waals surface area contributed by atoms with Crippen LogP contribution in [0.4, 0.5) is 0 Å². The highest BCUT2D eigenvalue weighted by atomic mass is 16.4. The minimum atomic E-state index is -0.848. The molecule has 0 fully saturated rings. The molecule has 0 amide bonds. The van der Waals surface area contributed by atoms with Gasteiger partial charge in [0, 0.05) is 0 Å². The maximum Gasteiger partial charge on any atom is 0.335 e. The van der Waals surface area contributed by atoms with E-state index in [1.807, 2.05) is 39.0 Å². The molecule has 0 saturated carbocycles. The number of hydrogen-bond donors (Lipinski definition) is 1. The van der Waals surface area contributed by atoms with Crippen LogP contribution in [0.1, 0.15) is 27.0 Å². The second kappa shape index (κ2) is 8.11. The van der Waals surface area contributed by atoms with Gasteiger partial charge >= 0.3 is 5.97 Å². The van der Waals surface area contributed by atoms with Gasteiger partial charge in [0.25, 0.3) is 0 Å². The van der Waals surface area contributed by atoms with Crippen molar-refractivity contribution in [3.8, 4) is 11.1 Å². The Hall–Kier alpha value is -2.87. The topological polar surface area (TPSA) is 37.3 Å². The standard InChI is InChI=1S/C12H10.C10H12O2/c1-3-7-11(8-4-1)12-9-5-2-6-10-12;1-6-4-7(2)8(3)9(5-6)10(11)12/h1-10H;4-5H,1-3H3,(H,11,12). The normalized spacial score (nSPS) is 9.79. The van der Waals surface area contributed by atoms with Gasteiger partial charge in [0.15, 0.2) is 0 Å². The van der Waals surface area contributed by atoms with E-state index in [9.17, 15) is 4.79 Å². The lowest BCUT2D eigenvalue weighted by molar-refractivity contribution is 0.0696. The number of hydrogen-bond acceptors (Lipinski definition) is 1. The molecule has 3 aromatic rings. The number of rotatable bonds is 2. The Morgan fingerprint density at radius 1 is 0.750 bits per heavy atom. The second-order valence-electron chi connectivity index (χ2n) is 5.79. The minimum absolute atomic E-state index is 0.410. The van der Waals surface area contributed by atoms with Crippen LogP contribution in [0, 0.1) is 20.8 Å². The summed E-state index contributed by atoms with van der Waals surface area (Å²) in [5.74, 6) is -0.848. The predicted octanol–water partition coefficient (Wildman–Crippen LogP) is 5.66. The Morgan fingerprint density at radius 2 is 1.21 bits per heavy atom. The van der Waals surface area contributed by atoms with Crippen LogP contribution in [0.15, 0.2) is 72.8 Å². The van der Waals surface area contributed by atoms with Crippen molar-refractivity contribution in [2.75, 3.05) is 0 Å². The van der Waals surface area contributed by atoms with Gasteiger partial charge in [0.2, 0.25) is 0 Å². The molecule has 0 aliphatic rings. The van der Waals surface area contributed by atoms with Gasteiger partial charge in [0.05, 0.1) is 5.56 Å². The molecule has 2 nitrogen and oxygen atoms in total. The number of aryl methyl sites for hydroxylation is 2. The largest absolute Gasteiger partial charge is 0.478 e. The van der Waals surface area contributed by atoms with E-state index < -0.39 is 5.97 Å².